The SMILES string of the molecule is O=C(NCC1CC1)N1CCOCC1. The molecule has 0 spiro atoms. The van der Waals surface area contributed by atoms with Gasteiger partial charge in [-0.3, -0.25) is 0 Å². The summed E-state index contributed by atoms with van der Waals surface area (Å²) in [7, 11) is 0. The van der Waals surface area contributed by atoms with E-state index in [9.17, 15) is 4.79 Å². The average molecular weight is 184 g/mol. The van der Waals surface area contributed by atoms with Gasteiger partial charge in [0.15, 0.2) is 0 Å². The van der Waals surface area contributed by atoms with Crippen molar-refractivity contribution in [2.45, 2.75) is 12.8 Å². The molecule has 0 bridgehead atoms. The van der Waals surface area contributed by atoms with Crippen LogP contribution >= 0.6 is 0 Å². The fraction of sp³-hybridized carbons (Fsp3) is 0.889. The van der Waals surface area contributed by atoms with Crippen molar-refractivity contribution in [1.29, 1.82) is 0 Å². The second-order valence-corrected chi connectivity index (χ2v) is 3.73. The van der Waals surface area contributed by atoms with Crippen LogP contribution < -0.4 is 5.32 Å². The Morgan fingerprint density at radius 1 is 1.38 bits per heavy atom. The highest BCUT2D eigenvalue weighted by Crippen LogP contribution is 2.27. The quantitative estimate of drug-likeness (QED) is 0.676. The minimum atomic E-state index is 0.0789. The summed E-state index contributed by atoms with van der Waals surface area (Å²) in [4.78, 5) is 13.3. The van der Waals surface area contributed by atoms with Gasteiger partial charge >= 0.3 is 6.03 Å². The smallest absolute Gasteiger partial charge is 0.317 e. The van der Waals surface area contributed by atoms with E-state index in [4.69, 9.17) is 4.74 Å². The molecular formula is C9H16N2O2. The van der Waals surface area contributed by atoms with Crippen LogP contribution in [0.15, 0.2) is 0 Å². The van der Waals surface area contributed by atoms with Gasteiger partial charge in [-0.15, -0.1) is 0 Å². The largest absolute Gasteiger partial charge is 0.378 e. The van der Waals surface area contributed by atoms with Crippen molar-refractivity contribution in [1.82, 2.24) is 10.2 Å². The van der Waals surface area contributed by atoms with E-state index in [0.29, 0.717) is 13.2 Å². The number of carbonyl (C=O) groups is 1. The zero-order valence-corrected chi connectivity index (χ0v) is 7.79. The van der Waals surface area contributed by atoms with Crippen LogP contribution in [0.5, 0.6) is 0 Å². The normalized spacial score (nSPS) is 22.9. The number of hydrogen-bond acceptors (Lipinski definition) is 2. The Bertz CT molecular complexity index is 186. The second kappa shape index (κ2) is 3.96. The van der Waals surface area contributed by atoms with Crippen molar-refractivity contribution >= 4 is 6.03 Å². The molecule has 0 unspecified atom stereocenters. The van der Waals surface area contributed by atoms with Crippen LogP contribution in [0, 0.1) is 5.92 Å². The highest BCUT2D eigenvalue weighted by Gasteiger charge is 2.23. The third-order valence-corrected chi connectivity index (χ3v) is 2.54. The van der Waals surface area contributed by atoms with Crippen LogP contribution in [0.2, 0.25) is 0 Å². The molecule has 0 aromatic carbocycles. The van der Waals surface area contributed by atoms with E-state index in [-0.39, 0.29) is 6.03 Å². The maximum absolute atomic E-state index is 11.5. The standard InChI is InChI=1S/C9H16N2O2/c12-9(10-7-8-1-2-8)11-3-5-13-6-4-11/h8H,1-7H2,(H,10,12). The van der Waals surface area contributed by atoms with E-state index in [1.54, 1.807) is 0 Å². The molecule has 2 rings (SSSR count). The maximum atomic E-state index is 11.5. The Balaban J connectivity index is 1.67. The van der Waals surface area contributed by atoms with Gasteiger partial charge in [-0.25, -0.2) is 4.79 Å². The molecule has 2 fully saturated rings. The molecule has 4 heteroatoms. The third-order valence-electron chi connectivity index (χ3n) is 2.54. The predicted molar refractivity (Wildman–Crippen MR) is 48.5 cm³/mol. The van der Waals surface area contributed by atoms with E-state index < -0.39 is 0 Å². The molecule has 0 radical (unpaired) electrons. The fourth-order valence-corrected chi connectivity index (χ4v) is 1.43. The van der Waals surface area contributed by atoms with Crippen molar-refractivity contribution in [2.24, 2.45) is 5.92 Å². The summed E-state index contributed by atoms with van der Waals surface area (Å²) in [5.41, 5.74) is 0. The monoisotopic (exact) mass is 184 g/mol. The van der Waals surface area contributed by atoms with Gasteiger partial charge in [-0.05, 0) is 18.8 Å². The van der Waals surface area contributed by atoms with Gasteiger partial charge in [-0.1, -0.05) is 0 Å². The number of morpholine rings is 1. The summed E-state index contributed by atoms with van der Waals surface area (Å²) in [5, 5.41) is 2.95. The lowest BCUT2D eigenvalue weighted by Crippen LogP contribution is -2.46. The van der Waals surface area contributed by atoms with Crippen LogP contribution in [-0.2, 0) is 4.74 Å². The van der Waals surface area contributed by atoms with E-state index >= 15 is 0 Å². The molecule has 2 aliphatic rings. The Hall–Kier alpha value is -0.770. The Morgan fingerprint density at radius 2 is 2.08 bits per heavy atom. The maximum Gasteiger partial charge on any atom is 0.317 e. The number of hydrogen-bond donors (Lipinski definition) is 1. The number of rotatable bonds is 2. The molecule has 13 heavy (non-hydrogen) atoms. The number of ether oxygens (including phenoxy) is 1. The highest BCUT2D eigenvalue weighted by atomic mass is 16.5. The summed E-state index contributed by atoms with van der Waals surface area (Å²) in [6, 6.07) is 0.0789. The lowest BCUT2D eigenvalue weighted by molar-refractivity contribution is 0.0532. The van der Waals surface area contributed by atoms with Crippen LogP contribution in [-0.4, -0.2) is 43.8 Å². The predicted octanol–water partition coefficient (Wildman–Crippen LogP) is 0.438. The Kier molecular flexibility index (Phi) is 2.68. The summed E-state index contributed by atoms with van der Waals surface area (Å²) in [6.07, 6.45) is 2.56. The van der Waals surface area contributed by atoms with E-state index in [1.807, 2.05) is 4.90 Å². The van der Waals surface area contributed by atoms with Gasteiger partial charge in [0.2, 0.25) is 0 Å². The van der Waals surface area contributed by atoms with E-state index in [0.717, 1.165) is 25.6 Å². The second-order valence-electron chi connectivity index (χ2n) is 3.73. The number of carbonyl (C=O) groups excluding carboxylic acids is 1. The fourth-order valence-electron chi connectivity index (χ4n) is 1.43. The molecule has 1 aliphatic carbocycles. The molecule has 1 aliphatic heterocycles. The first-order valence-corrected chi connectivity index (χ1v) is 4.97. The first-order valence-electron chi connectivity index (χ1n) is 4.97. The van der Waals surface area contributed by atoms with Gasteiger partial charge in [-0.2, -0.15) is 0 Å². The van der Waals surface area contributed by atoms with Crippen LogP contribution in [0.25, 0.3) is 0 Å². The molecule has 1 saturated carbocycles. The lowest BCUT2D eigenvalue weighted by Gasteiger charge is -2.26. The van der Waals surface area contributed by atoms with Crippen molar-refractivity contribution in [2.75, 3.05) is 32.8 Å². The van der Waals surface area contributed by atoms with Gasteiger partial charge in [0.1, 0.15) is 0 Å². The first-order chi connectivity index (χ1) is 6.36. The average Bonchev–Trinajstić information content (AvgIpc) is 2.99. The summed E-state index contributed by atoms with van der Waals surface area (Å²) in [6.45, 7) is 3.68. The number of urea groups is 1. The number of amides is 2. The van der Waals surface area contributed by atoms with Gasteiger partial charge in [0.05, 0.1) is 13.2 Å². The minimum absolute atomic E-state index is 0.0789. The molecule has 0 aromatic heterocycles. The summed E-state index contributed by atoms with van der Waals surface area (Å²) >= 11 is 0. The Morgan fingerprint density at radius 3 is 2.69 bits per heavy atom. The zero-order chi connectivity index (χ0) is 9.10. The molecule has 74 valence electrons. The molecule has 2 amide bonds. The molecule has 0 aromatic rings. The molecule has 4 nitrogen and oxygen atoms in total. The van der Waals surface area contributed by atoms with Crippen LogP contribution in [0.1, 0.15) is 12.8 Å². The van der Waals surface area contributed by atoms with E-state index in [2.05, 4.69) is 5.32 Å². The third kappa shape index (κ3) is 2.59. The van der Waals surface area contributed by atoms with Gasteiger partial charge < -0.3 is 15.0 Å². The van der Waals surface area contributed by atoms with Gasteiger partial charge in [0.25, 0.3) is 0 Å². The van der Waals surface area contributed by atoms with Crippen molar-refractivity contribution in [3.8, 4) is 0 Å². The molecule has 1 N–H and O–H groups in total. The summed E-state index contributed by atoms with van der Waals surface area (Å²) < 4.78 is 5.17. The van der Waals surface area contributed by atoms with Crippen molar-refractivity contribution < 1.29 is 9.53 Å². The van der Waals surface area contributed by atoms with Crippen molar-refractivity contribution in [3.05, 3.63) is 0 Å². The van der Waals surface area contributed by atoms with Crippen LogP contribution in [0.3, 0.4) is 0 Å². The summed E-state index contributed by atoms with van der Waals surface area (Å²) in [5.74, 6) is 0.755. The van der Waals surface area contributed by atoms with E-state index in [1.165, 1.54) is 12.8 Å². The molecule has 0 atom stereocenters. The van der Waals surface area contributed by atoms with Crippen LogP contribution in [0.4, 0.5) is 4.79 Å². The van der Waals surface area contributed by atoms with Gasteiger partial charge in [0, 0.05) is 19.6 Å². The first kappa shape index (κ1) is 8.81. The highest BCUT2D eigenvalue weighted by molar-refractivity contribution is 5.74. The molecule has 1 heterocycles. The van der Waals surface area contributed by atoms with Crippen molar-refractivity contribution in [3.63, 3.8) is 0 Å². The Labute approximate surface area is 78.2 Å². The topological polar surface area (TPSA) is 41.6 Å². The minimum Gasteiger partial charge on any atom is -0.378 e. The molecule has 1 saturated heterocycles. The molecular weight excluding hydrogens is 168 g/mol. The lowest BCUT2D eigenvalue weighted by atomic mass is 10.4. The zero-order valence-electron chi connectivity index (χ0n) is 7.79. The number of nitrogens with zero attached hydrogens (tertiary/aromatic N) is 1. The number of nitrogens with one attached hydrogen (secondary N) is 1.